The van der Waals surface area contributed by atoms with Crippen molar-refractivity contribution in [2.45, 2.75) is 40.2 Å². The SMILES string of the molecule is Cc1nn(CC(=O)N(C)C)c(C)c1C(C)C. The normalized spacial score (nSPS) is 10.9. The van der Waals surface area contributed by atoms with Gasteiger partial charge in [-0.1, -0.05) is 13.8 Å². The van der Waals surface area contributed by atoms with Crippen molar-refractivity contribution in [3.63, 3.8) is 0 Å². The van der Waals surface area contributed by atoms with Crippen LogP contribution in [0.1, 0.15) is 36.7 Å². The fraction of sp³-hybridized carbons (Fsp3) is 0.667. The summed E-state index contributed by atoms with van der Waals surface area (Å²) in [7, 11) is 3.52. The molecule has 1 heterocycles. The van der Waals surface area contributed by atoms with Gasteiger partial charge in [-0.05, 0) is 25.3 Å². The molecule has 90 valence electrons. The van der Waals surface area contributed by atoms with Gasteiger partial charge in [-0.25, -0.2) is 0 Å². The molecule has 1 amide bonds. The second-order valence-corrected chi connectivity index (χ2v) is 4.69. The second kappa shape index (κ2) is 4.68. The Morgan fingerprint density at radius 3 is 2.31 bits per heavy atom. The molecule has 0 atom stereocenters. The number of rotatable bonds is 3. The van der Waals surface area contributed by atoms with E-state index in [1.807, 2.05) is 13.8 Å². The average Bonchev–Trinajstić information content (AvgIpc) is 2.41. The highest BCUT2D eigenvalue weighted by Gasteiger charge is 2.16. The molecule has 0 saturated carbocycles. The van der Waals surface area contributed by atoms with E-state index in [1.54, 1.807) is 23.7 Å². The molecule has 4 nitrogen and oxygen atoms in total. The van der Waals surface area contributed by atoms with Crippen LogP contribution in [0.15, 0.2) is 0 Å². The Kier molecular flexibility index (Phi) is 3.73. The predicted octanol–water partition coefficient (Wildman–Crippen LogP) is 1.71. The van der Waals surface area contributed by atoms with Crippen LogP contribution in [0.2, 0.25) is 0 Å². The van der Waals surface area contributed by atoms with Crippen LogP contribution in [0.4, 0.5) is 0 Å². The summed E-state index contributed by atoms with van der Waals surface area (Å²) in [5, 5.41) is 4.42. The van der Waals surface area contributed by atoms with E-state index in [0.29, 0.717) is 12.5 Å². The minimum absolute atomic E-state index is 0.0703. The number of carbonyl (C=O) groups is 1. The topological polar surface area (TPSA) is 38.1 Å². The Morgan fingerprint density at radius 2 is 1.94 bits per heavy atom. The molecule has 0 aromatic carbocycles. The molecule has 1 aromatic heterocycles. The standard InChI is InChI=1S/C12H21N3O/c1-8(2)12-9(3)13-15(10(12)4)7-11(16)14(5)6/h8H,7H2,1-6H3. The van der Waals surface area contributed by atoms with Gasteiger partial charge in [0.05, 0.1) is 5.69 Å². The van der Waals surface area contributed by atoms with Crippen molar-refractivity contribution in [2.75, 3.05) is 14.1 Å². The molecule has 0 fully saturated rings. The van der Waals surface area contributed by atoms with Gasteiger partial charge in [-0.15, -0.1) is 0 Å². The molecule has 0 aliphatic rings. The number of nitrogens with zero attached hydrogens (tertiary/aromatic N) is 3. The van der Waals surface area contributed by atoms with Crippen molar-refractivity contribution in [3.8, 4) is 0 Å². The van der Waals surface area contributed by atoms with Gasteiger partial charge in [0.15, 0.2) is 0 Å². The number of hydrogen-bond acceptors (Lipinski definition) is 2. The first-order valence-electron chi connectivity index (χ1n) is 5.58. The molecule has 0 bridgehead atoms. The van der Waals surface area contributed by atoms with Gasteiger partial charge in [0.2, 0.25) is 5.91 Å². The van der Waals surface area contributed by atoms with Crippen molar-refractivity contribution in [2.24, 2.45) is 0 Å². The lowest BCUT2D eigenvalue weighted by Gasteiger charge is -2.11. The molecular formula is C12H21N3O. The first-order chi connectivity index (χ1) is 7.34. The Hall–Kier alpha value is -1.32. The lowest BCUT2D eigenvalue weighted by atomic mass is 10.0. The fourth-order valence-electron chi connectivity index (χ4n) is 1.97. The number of likely N-dealkylation sites (N-methyl/N-ethyl adjacent to an activating group) is 1. The third-order valence-corrected chi connectivity index (χ3v) is 2.80. The number of hydrogen-bond donors (Lipinski definition) is 0. The zero-order chi connectivity index (χ0) is 12.5. The summed E-state index contributed by atoms with van der Waals surface area (Å²) >= 11 is 0. The molecule has 0 saturated heterocycles. The minimum atomic E-state index is 0.0703. The van der Waals surface area contributed by atoms with Crippen LogP contribution in [-0.4, -0.2) is 34.7 Å². The number of carbonyl (C=O) groups excluding carboxylic acids is 1. The van der Waals surface area contributed by atoms with E-state index in [9.17, 15) is 4.79 Å². The first kappa shape index (κ1) is 12.7. The van der Waals surface area contributed by atoms with Crippen molar-refractivity contribution in [1.82, 2.24) is 14.7 Å². The molecule has 0 aliphatic carbocycles. The summed E-state index contributed by atoms with van der Waals surface area (Å²) in [5.74, 6) is 0.518. The largest absolute Gasteiger partial charge is 0.347 e. The maximum Gasteiger partial charge on any atom is 0.243 e. The molecule has 1 aromatic rings. The Labute approximate surface area is 97.2 Å². The smallest absolute Gasteiger partial charge is 0.243 e. The van der Waals surface area contributed by atoms with Gasteiger partial charge in [-0.3, -0.25) is 9.48 Å². The van der Waals surface area contributed by atoms with Crippen molar-refractivity contribution in [1.29, 1.82) is 0 Å². The van der Waals surface area contributed by atoms with Gasteiger partial charge >= 0.3 is 0 Å². The van der Waals surface area contributed by atoms with Crippen LogP contribution >= 0.6 is 0 Å². The lowest BCUT2D eigenvalue weighted by molar-refractivity contribution is -0.129. The maximum atomic E-state index is 11.6. The highest BCUT2D eigenvalue weighted by atomic mass is 16.2. The summed E-state index contributed by atoms with van der Waals surface area (Å²) in [6.07, 6.45) is 0. The summed E-state index contributed by atoms with van der Waals surface area (Å²) in [6.45, 7) is 8.65. The molecule has 0 unspecified atom stereocenters. The molecule has 0 spiro atoms. The van der Waals surface area contributed by atoms with Crippen LogP contribution in [0, 0.1) is 13.8 Å². The molecule has 4 heteroatoms. The Balaban J connectivity index is 2.99. The lowest BCUT2D eigenvalue weighted by Crippen LogP contribution is -2.27. The van der Waals surface area contributed by atoms with Crippen molar-refractivity contribution in [3.05, 3.63) is 17.0 Å². The van der Waals surface area contributed by atoms with Crippen LogP contribution < -0.4 is 0 Å². The van der Waals surface area contributed by atoms with E-state index in [4.69, 9.17) is 0 Å². The summed E-state index contributed by atoms with van der Waals surface area (Å²) < 4.78 is 1.80. The van der Waals surface area contributed by atoms with Crippen LogP contribution in [-0.2, 0) is 11.3 Å². The Morgan fingerprint density at radius 1 is 1.38 bits per heavy atom. The van der Waals surface area contributed by atoms with E-state index in [1.165, 1.54) is 5.56 Å². The zero-order valence-electron chi connectivity index (χ0n) is 11.0. The molecule has 0 radical (unpaired) electrons. The predicted molar refractivity (Wildman–Crippen MR) is 64.5 cm³/mol. The molecule has 1 rings (SSSR count). The highest BCUT2D eigenvalue weighted by molar-refractivity contribution is 5.75. The molecule has 16 heavy (non-hydrogen) atoms. The first-order valence-corrected chi connectivity index (χ1v) is 5.58. The van der Waals surface area contributed by atoms with Gasteiger partial charge in [0.25, 0.3) is 0 Å². The van der Waals surface area contributed by atoms with Crippen LogP contribution in [0.5, 0.6) is 0 Å². The van der Waals surface area contributed by atoms with Crippen LogP contribution in [0.25, 0.3) is 0 Å². The number of amides is 1. The van der Waals surface area contributed by atoms with Crippen molar-refractivity contribution < 1.29 is 4.79 Å². The summed E-state index contributed by atoms with van der Waals surface area (Å²) in [5.41, 5.74) is 3.38. The van der Waals surface area contributed by atoms with Gasteiger partial charge in [-0.2, -0.15) is 5.10 Å². The molecule has 0 N–H and O–H groups in total. The summed E-state index contributed by atoms with van der Waals surface area (Å²) in [6, 6.07) is 0. The summed E-state index contributed by atoms with van der Waals surface area (Å²) in [4.78, 5) is 13.2. The monoisotopic (exact) mass is 223 g/mol. The van der Waals surface area contributed by atoms with Gasteiger partial charge in [0, 0.05) is 19.8 Å². The average molecular weight is 223 g/mol. The third-order valence-electron chi connectivity index (χ3n) is 2.80. The maximum absolute atomic E-state index is 11.6. The van der Waals surface area contributed by atoms with E-state index in [-0.39, 0.29) is 5.91 Å². The van der Waals surface area contributed by atoms with Gasteiger partial charge in [0.1, 0.15) is 6.54 Å². The number of aryl methyl sites for hydroxylation is 1. The van der Waals surface area contributed by atoms with Gasteiger partial charge < -0.3 is 4.90 Å². The van der Waals surface area contributed by atoms with Crippen molar-refractivity contribution >= 4 is 5.91 Å². The number of aromatic nitrogens is 2. The zero-order valence-corrected chi connectivity index (χ0v) is 11.0. The van der Waals surface area contributed by atoms with E-state index < -0.39 is 0 Å². The third kappa shape index (κ3) is 2.43. The van der Waals surface area contributed by atoms with E-state index in [0.717, 1.165) is 11.4 Å². The van der Waals surface area contributed by atoms with E-state index >= 15 is 0 Å². The fourth-order valence-corrected chi connectivity index (χ4v) is 1.97. The Bertz CT molecular complexity index is 391. The minimum Gasteiger partial charge on any atom is -0.347 e. The second-order valence-electron chi connectivity index (χ2n) is 4.69. The quantitative estimate of drug-likeness (QED) is 0.782. The highest BCUT2D eigenvalue weighted by Crippen LogP contribution is 2.22. The van der Waals surface area contributed by atoms with E-state index in [2.05, 4.69) is 18.9 Å². The van der Waals surface area contributed by atoms with Crippen LogP contribution in [0.3, 0.4) is 0 Å². The molecule has 0 aliphatic heterocycles. The molecular weight excluding hydrogens is 202 g/mol.